The molecule has 0 aromatic heterocycles. The van der Waals surface area contributed by atoms with Crippen LogP contribution in [0.2, 0.25) is 0 Å². The maximum absolute atomic E-state index is 2.32. The molecule has 0 N–H and O–H groups in total. The van der Waals surface area contributed by atoms with Crippen molar-refractivity contribution in [3.05, 3.63) is 71.8 Å². The minimum atomic E-state index is 0.446. The Hall–Kier alpha value is -2.02. The molecule has 2 rings (SSSR count). The van der Waals surface area contributed by atoms with Gasteiger partial charge >= 0.3 is 0 Å². The molecule has 2 aromatic rings. The third-order valence-corrected chi connectivity index (χ3v) is 3.81. The molecule has 1 atom stereocenters. The van der Waals surface area contributed by atoms with Crippen LogP contribution >= 0.6 is 0 Å². The third-order valence-electron chi connectivity index (χ3n) is 3.81. The second-order valence-electron chi connectivity index (χ2n) is 6.03. The van der Waals surface area contributed by atoms with Crippen LogP contribution in [0.1, 0.15) is 30.9 Å². The van der Waals surface area contributed by atoms with Gasteiger partial charge in [0, 0.05) is 25.7 Å². The van der Waals surface area contributed by atoms with Gasteiger partial charge in [-0.2, -0.15) is 0 Å². The van der Waals surface area contributed by atoms with Gasteiger partial charge in [0.25, 0.3) is 0 Å². The Bertz CT molecular complexity index is 565. The largest absolute Gasteiger partial charge is 0.378 e. The molecule has 0 saturated heterocycles. The molecular formula is C20H25N. The Balaban J connectivity index is 2.21. The molecule has 0 spiro atoms. The molecule has 0 aliphatic carbocycles. The van der Waals surface area contributed by atoms with E-state index in [0.717, 1.165) is 0 Å². The van der Waals surface area contributed by atoms with Gasteiger partial charge in [0.2, 0.25) is 0 Å². The summed E-state index contributed by atoms with van der Waals surface area (Å²) in [5.74, 6) is 1.02. The van der Waals surface area contributed by atoms with Gasteiger partial charge in [0.1, 0.15) is 0 Å². The monoisotopic (exact) mass is 279 g/mol. The first-order chi connectivity index (χ1) is 10.1. The number of nitrogens with zero attached hydrogens (tertiary/aromatic N) is 1. The smallest absolute Gasteiger partial charge is 0.0361 e. The second-order valence-corrected chi connectivity index (χ2v) is 6.03. The first-order valence-corrected chi connectivity index (χ1v) is 7.58. The van der Waals surface area contributed by atoms with E-state index in [1.807, 2.05) is 0 Å². The van der Waals surface area contributed by atoms with Crippen LogP contribution in [0.15, 0.2) is 60.7 Å². The highest BCUT2D eigenvalue weighted by Crippen LogP contribution is 2.28. The maximum atomic E-state index is 2.32. The molecule has 1 unspecified atom stereocenters. The molecule has 0 fully saturated rings. The molecule has 0 amide bonds. The van der Waals surface area contributed by atoms with Crippen LogP contribution in [-0.2, 0) is 0 Å². The number of benzene rings is 2. The SMILES string of the molecule is CC(C)C(/C=C/c1ccccc1)c1ccc(N(C)C)cc1. The Kier molecular flexibility index (Phi) is 5.21. The van der Waals surface area contributed by atoms with E-state index in [-0.39, 0.29) is 0 Å². The number of anilines is 1. The Morgan fingerprint density at radius 2 is 1.48 bits per heavy atom. The lowest BCUT2D eigenvalue weighted by molar-refractivity contribution is 0.580. The number of hydrogen-bond acceptors (Lipinski definition) is 1. The van der Waals surface area contributed by atoms with Gasteiger partial charge in [0.15, 0.2) is 0 Å². The molecule has 110 valence electrons. The molecule has 0 aliphatic heterocycles. The summed E-state index contributed by atoms with van der Waals surface area (Å²) in [4.78, 5) is 2.13. The van der Waals surface area contributed by atoms with Crippen LogP contribution in [0, 0.1) is 5.92 Å². The molecule has 21 heavy (non-hydrogen) atoms. The topological polar surface area (TPSA) is 3.24 Å². The summed E-state index contributed by atoms with van der Waals surface area (Å²) in [6.07, 6.45) is 4.55. The summed E-state index contributed by atoms with van der Waals surface area (Å²) in [5.41, 5.74) is 3.88. The van der Waals surface area contributed by atoms with Crippen LogP contribution < -0.4 is 4.90 Å². The van der Waals surface area contributed by atoms with E-state index in [2.05, 4.69) is 99.6 Å². The molecule has 0 aliphatic rings. The number of allylic oxidation sites excluding steroid dienone is 1. The van der Waals surface area contributed by atoms with E-state index < -0.39 is 0 Å². The summed E-state index contributed by atoms with van der Waals surface area (Å²) in [7, 11) is 4.15. The van der Waals surface area contributed by atoms with E-state index in [0.29, 0.717) is 11.8 Å². The van der Waals surface area contributed by atoms with Crippen LogP contribution in [0.25, 0.3) is 6.08 Å². The van der Waals surface area contributed by atoms with Crippen LogP contribution in [-0.4, -0.2) is 14.1 Å². The fourth-order valence-electron chi connectivity index (χ4n) is 2.49. The highest BCUT2D eigenvalue weighted by molar-refractivity contribution is 5.52. The van der Waals surface area contributed by atoms with Crippen molar-refractivity contribution < 1.29 is 0 Å². The Morgan fingerprint density at radius 1 is 0.857 bits per heavy atom. The lowest BCUT2D eigenvalue weighted by Gasteiger charge is -2.19. The minimum Gasteiger partial charge on any atom is -0.378 e. The number of rotatable bonds is 5. The van der Waals surface area contributed by atoms with E-state index >= 15 is 0 Å². The zero-order valence-electron chi connectivity index (χ0n) is 13.5. The van der Waals surface area contributed by atoms with Crippen molar-refractivity contribution in [1.29, 1.82) is 0 Å². The normalized spacial score (nSPS) is 12.8. The van der Waals surface area contributed by atoms with Gasteiger partial charge in [-0.15, -0.1) is 0 Å². The third kappa shape index (κ3) is 4.22. The summed E-state index contributed by atoms with van der Waals surface area (Å²) in [5, 5.41) is 0. The highest BCUT2D eigenvalue weighted by atomic mass is 15.1. The van der Waals surface area contributed by atoms with Crippen molar-refractivity contribution in [3.8, 4) is 0 Å². The van der Waals surface area contributed by atoms with Crippen molar-refractivity contribution in [2.45, 2.75) is 19.8 Å². The number of hydrogen-bond donors (Lipinski definition) is 0. The Labute approximate surface area is 128 Å². The van der Waals surface area contributed by atoms with Crippen molar-refractivity contribution in [3.63, 3.8) is 0 Å². The zero-order chi connectivity index (χ0) is 15.2. The minimum absolute atomic E-state index is 0.446. The van der Waals surface area contributed by atoms with Gasteiger partial charge in [-0.25, -0.2) is 0 Å². The van der Waals surface area contributed by atoms with Gasteiger partial charge in [0.05, 0.1) is 0 Å². The summed E-state index contributed by atoms with van der Waals surface area (Å²) < 4.78 is 0. The fraction of sp³-hybridized carbons (Fsp3) is 0.300. The van der Waals surface area contributed by atoms with Crippen molar-refractivity contribution in [2.24, 2.45) is 5.92 Å². The van der Waals surface area contributed by atoms with E-state index in [4.69, 9.17) is 0 Å². The van der Waals surface area contributed by atoms with E-state index in [1.165, 1.54) is 16.8 Å². The average molecular weight is 279 g/mol. The Morgan fingerprint density at radius 3 is 2.00 bits per heavy atom. The predicted molar refractivity (Wildman–Crippen MR) is 93.8 cm³/mol. The lowest BCUT2D eigenvalue weighted by atomic mass is 9.87. The van der Waals surface area contributed by atoms with Crippen LogP contribution in [0.3, 0.4) is 0 Å². The molecule has 0 radical (unpaired) electrons. The van der Waals surface area contributed by atoms with Crippen LogP contribution in [0.5, 0.6) is 0 Å². The standard InChI is InChI=1S/C20H25N/c1-16(2)20(15-10-17-8-6-5-7-9-17)18-11-13-19(14-12-18)21(3)4/h5-16,20H,1-4H3/b15-10+. The fourth-order valence-corrected chi connectivity index (χ4v) is 2.49. The average Bonchev–Trinajstić information content (AvgIpc) is 2.48. The maximum Gasteiger partial charge on any atom is 0.0361 e. The molecule has 0 heterocycles. The molecule has 2 aromatic carbocycles. The van der Waals surface area contributed by atoms with E-state index in [9.17, 15) is 0 Å². The molecule has 0 saturated carbocycles. The lowest BCUT2D eigenvalue weighted by Crippen LogP contribution is -2.09. The van der Waals surface area contributed by atoms with Crippen molar-refractivity contribution >= 4 is 11.8 Å². The summed E-state index contributed by atoms with van der Waals surface area (Å²) in [6.45, 7) is 4.56. The van der Waals surface area contributed by atoms with Gasteiger partial charge in [-0.3, -0.25) is 0 Å². The van der Waals surface area contributed by atoms with Crippen molar-refractivity contribution in [2.75, 3.05) is 19.0 Å². The zero-order valence-corrected chi connectivity index (χ0v) is 13.5. The predicted octanol–water partition coefficient (Wildman–Crippen LogP) is 5.21. The summed E-state index contributed by atoms with van der Waals surface area (Å²) >= 11 is 0. The van der Waals surface area contributed by atoms with Crippen molar-refractivity contribution in [1.82, 2.24) is 0 Å². The highest BCUT2D eigenvalue weighted by Gasteiger charge is 2.12. The van der Waals surface area contributed by atoms with Gasteiger partial charge in [-0.1, -0.05) is 68.5 Å². The molecule has 1 heteroatoms. The first kappa shape index (κ1) is 15.4. The quantitative estimate of drug-likeness (QED) is 0.726. The second kappa shape index (κ2) is 7.12. The molecular weight excluding hydrogens is 254 g/mol. The molecule has 1 nitrogen and oxygen atoms in total. The van der Waals surface area contributed by atoms with E-state index in [1.54, 1.807) is 0 Å². The van der Waals surface area contributed by atoms with Crippen LogP contribution in [0.4, 0.5) is 5.69 Å². The van der Waals surface area contributed by atoms with Gasteiger partial charge in [-0.05, 0) is 29.2 Å². The van der Waals surface area contributed by atoms with Gasteiger partial charge < -0.3 is 4.90 Å². The first-order valence-electron chi connectivity index (χ1n) is 7.58. The molecule has 0 bridgehead atoms. The summed E-state index contributed by atoms with van der Waals surface area (Å²) in [6, 6.07) is 19.4.